The lowest BCUT2D eigenvalue weighted by molar-refractivity contribution is 0.494. The molecule has 0 spiro atoms. The third-order valence-electron chi connectivity index (χ3n) is 1.20. The highest BCUT2D eigenvalue weighted by Gasteiger charge is 2.12. The van der Waals surface area contributed by atoms with Crippen molar-refractivity contribution in [2.45, 2.75) is 20.8 Å². The summed E-state index contributed by atoms with van der Waals surface area (Å²) in [5, 5.41) is 0. The summed E-state index contributed by atoms with van der Waals surface area (Å²) in [7, 11) is 0. The molecule has 0 nitrogen and oxygen atoms in total. The zero-order valence-electron chi connectivity index (χ0n) is 7.34. The summed E-state index contributed by atoms with van der Waals surface area (Å²) in [5.74, 6) is -3.85. The Labute approximate surface area is 70.1 Å². The fourth-order valence-electron chi connectivity index (χ4n) is 0.503. The van der Waals surface area contributed by atoms with Gasteiger partial charge < -0.3 is 0 Å². The SMILES string of the molecule is C=C(C)/C(F)=C(/F)C(F)=C(C)C. The van der Waals surface area contributed by atoms with Crippen LogP contribution in [0.3, 0.4) is 0 Å². The molecule has 68 valence electrons. The Kier molecular flexibility index (Phi) is 3.80. The van der Waals surface area contributed by atoms with Crippen molar-refractivity contribution in [3.63, 3.8) is 0 Å². The van der Waals surface area contributed by atoms with Crippen molar-refractivity contribution in [3.8, 4) is 0 Å². The number of halogens is 3. The molecule has 0 saturated heterocycles. The van der Waals surface area contributed by atoms with Gasteiger partial charge in [-0.1, -0.05) is 6.58 Å². The smallest absolute Gasteiger partial charge is 0.194 e. The molecule has 12 heavy (non-hydrogen) atoms. The van der Waals surface area contributed by atoms with E-state index < -0.39 is 17.5 Å². The molecule has 0 fully saturated rings. The summed E-state index contributed by atoms with van der Waals surface area (Å²) >= 11 is 0. The van der Waals surface area contributed by atoms with E-state index in [-0.39, 0.29) is 11.1 Å². The van der Waals surface area contributed by atoms with Crippen LogP contribution in [0.4, 0.5) is 13.2 Å². The van der Waals surface area contributed by atoms with Crippen LogP contribution in [0, 0.1) is 0 Å². The summed E-state index contributed by atoms with van der Waals surface area (Å²) in [4.78, 5) is 0. The minimum Gasteiger partial charge on any atom is -0.204 e. The molecular formula is C9H11F3. The van der Waals surface area contributed by atoms with Crippen LogP contribution >= 0.6 is 0 Å². The van der Waals surface area contributed by atoms with E-state index in [1.54, 1.807) is 0 Å². The normalized spacial score (nSPS) is 12.2. The van der Waals surface area contributed by atoms with Crippen molar-refractivity contribution in [3.05, 3.63) is 35.2 Å². The Morgan fingerprint density at radius 2 is 1.25 bits per heavy atom. The largest absolute Gasteiger partial charge is 0.204 e. The van der Waals surface area contributed by atoms with E-state index in [1.807, 2.05) is 0 Å². The van der Waals surface area contributed by atoms with E-state index in [2.05, 4.69) is 6.58 Å². The van der Waals surface area contributed by atoms with Crippen molar-refractivity contribution in [2.24, 2.45) is 0 Å². The van der Waals surface area contributed by atoms with Crippen LogP contribution in [0.1, 0.15) is 20.8 Å². The molecule has 0 aromatic carbocycles. The van der Waals surface area contributed by atoms with Gasteiger partial charge in [-0.2, -0.15) is 0 Å². The first kappa shape index (κ1) is 11.0. The summed E-state index contributed by atoms with van der Waals surface area (Å²) < 4.78 is 38.1. The fourth-order valence-corrected chi connectivity index (χ4v) is 0.503. The average Bonchev–Trinajstić information content (AvgIpc) is 2.00. The summed E-state index contributed by atoms with van der Waals surface area (Å²) in [6, 6.07) is 0. The molecular weight excluding hydrogens is 165 g/mol. The van der Waals surface area contributed by atoms with Gasteiger partial charge in [0.1, 0.15) is 0 Å². The molecule has 0 atom stereocenters. The number of hydrogen-bond donors (Lipinski definition) is 0. The highest BCUT2D eigenvalue weighted by molar-refractivity contribution is 5.33. The van der Waals surface area contributed by atoms with Crippen molar-refractivity contribution in [1.29, 1.82) is 0 Å². The lowest BCUT2D eigenvalue weighted by Crippen LogP contribution is -1.85. The predicted octanol–water partition coefficient (Wildman–Crippen LogP) is 3.98. The second-order valence-electron chi connectivity index (χ2n) is 2.72. The van der Waals surface area contributed by atoms with Crippen LogP contribution in [-0.4, -0.2) is 0 Å². The topological polar surface area (TPSA) is 0 Å². The van der Waals surface area contributed by atoms with Gasteiger partial charge >= 0.3 is 0 Å². The van der Waals surface area contributed by atoms with Gasteiger partial charge in [0, 0.05) is 0 Å². The molecule has 0 aliphatic carbocycles. The molecule has 0 aromatic heterocycles. The molecule has 3 heteroatoms. The molecule has 0 aromatic rings. The molecule has 0 bridgehead atoms. The lowest BCUT2D eigenvalue weighted by Gasteiger charge is -1.99. The van der Waals surface area contributed by atoms with Crippen LogP contribution < -0.4 is 0 Å². The Morgan fingerprint density at radius 3 is 1.50 bits per heavy atom. The second-order valence-corrected chi connectivity index (χ2v) is 2.72. The Balaban J connectivity index is 5.06. The second kappa shape index (κ2) is 4.14. The van der Waals surface area contributed by atoms with Crippen LogP contribution in [0.15, 0.2) is 35.2 Å². The molecule has 0 amide bonds. The zero-order chi connectivity index (χ0) is 9.89. The van der Waals surface area contributed by atoms with Gasteiger partial charge in [0.2, 0.25) is 0 Å². The summed E-state index contributed by atoms with van der Waals surface area (Å²) in [5.41, 5.74) is -0.0206. The Hall–Kier alpha value is -0.990. The van der Waals surface area contributed by atoms with Crippen molar-refractivity contribution in [1.82, 2.24) is 0 Å². The first-order valence-corrected chi connectivity index (χ1v) is 3.42. The number of hydrogen-bond acceptors (Lipinski definition) is 0. The van der Waals surface area contributed by atoms with E-state index in [4.69, 9.17) is 0 Å². The standard InChI is InChI=1S/C9H11F3/c1-5(2)7(10)9(12)8(11)6(3)4/h1H2,2-4H3/b9-7-. The molecule has 0 N–H and O–H groups in total. The highest BCUT2D eigenvalue weighted by Crippen LogP contribution is 2.25. The number of rotatable bonds is 2. The predicted molar refractivity (Wildman–Crippen MR) is 43.5 cm³/mol. The van der Waals surface area contributed by atoms with Gasteiger partial charge in [-0.15, -0.1) is 0 Å². The van der Waals surface area contributed by atoms with Crippen LogP contribution in [0.25, 0.3) is 0 Å². The van der Waals surface area contributed by atoms with Crippen LogP contribution in [-0.2, 0) is 0 Å². The van der Waals surface area contributed by atoms with Gasteiger partial charge in [0.25, 0.3) is 0 Å². The zero-order valence-corrected chi connectivity index (χ0v) is 7.34. The molecule has 0 unspecified atom stereocenters. The van der Waals surface area contributed by atoms with Gasteiger partial charge in [-0.25, -0.2) is 13.2 Å². The van der Waals surface area contributed by atoms with Crippen molar-refractivity contribution in [2.75, 3.05) is 0 Å². The van der Waals surface area contributed by atoms with Crippen LogP contribution in [0.5, 0.6) is 0 Å². The molecule has 0 aliphatic heterocycles. The molecule has 0 heterocycles. The van der Waals surface area contributed by atoms with E-state index in [0.717, 1.165) is 0 Å². The molecule has 0 rings (SSSR count). The Morgan fingerprint density at radius 1 is 0.833 bits per heavy atom. The van der Waals surface area contributed by atoms with E-state index in [9.17, 15) is 13.2 Å². The van der Waals surface area contributed by atoms with Crippen molar-refractivity contribution < 1.29 is 13.2 Å². The fraction of sp³-hybridized carbons (Fsp3) is 0.333. The van der Waals surface area contributed by atoms with E-state index in [1.165, 1.54) is 20.8 Å². The number of allylic oxidation sites excluding steroid dienone is 5. The lowest BCUT2D eigenvalue weighted by atomic mass is 10.2. The summed E-state index contributed by atoms with van der Waals surface area (Å²) in [6.45, 7) is 7.15. The molecule has 0 saturated carbocycles. The molecule has 0 aliphatic rings. The maximum Gasteiger partial charge on any atom is 0.194 e. The van der Waals surface area contributed by atoms with Gasteiger partial charge in [-0.05, 0) is 31.9 Å². The van der Waals surface area contributed by atoms with E-state index in [0.29, 0.717) is 0 Å². The summed E-state index contributed by atoms with van der Waals surface area (Å²) in [6.07, 6.45) is 0. The Bertz CT molecular complexity index is 255. The van der Waals surface area contributed by atoms with Crippen molar-refractivity contribution >= 4 is 0 Å². The van der Waals surface area contributed by atoms with Gasteiger partial charge in [-0.3, -0.25) is 0 Å². The maximum atomic E-state index is 12.7. The van der Waals surface area contributed by atoms with E-state index >= 15 is 0 Å². The first-order valence-electron chi connectivity index (χ1n) is 3.42. The highest BCUT2D eigenvalue weighted by atomic mass is 19.2. The third kappa shape index (κ3) is 2.57. The third-order valence-corrected chi connectivity index (χ3v) is 1.20. The first-order chi connectivity index (χ1) is 5.37. The average molecular weight is 176 g/mol. The quantitative estimate of drug-likeness (QED) is 0.558. The van der Waals surface area contributed by atoms with Gasteiger partial charge in [0.15, 0.2) is 17.5 Å². The van der Waals surface area contributed by atoms with Crippen LogP contribution in [0.2, 0.25) is 0 Å². The minimum absolute atomic E-state index is 0.101. The monoisotopic (exact) mass is 176 g/mol. The maximum absolute atomic E-state index is 12.7. The van der Waals surface area contributed by atoms with Gasteiger partial charge in [0.05, 0.1) is 0 Å². The minimum atomic E-state index is -1.47. The molecule has 0 radical (unpaired) electrons.